The molecule has 92 valence electrons. The van der Waals surface area contributed by atoms with Gasteiger partial charge in [0.2, 0.25) is 0 Å². The van der Waals surface area contributed by atoms with Gasteiger partial charge in [-0.1, -0.05) is 17.7 Å². The molecule has 5 heteroatoms. The minimum Gasteiger partial charge on any atom is -0.480 e. The fourth-order valence-corrected chi connectivity index (χ4v) is 1.43. The molecule has 0 aliphatic heterocycles. The molecule has 0 aliphatic rings. The minimum absolute atomic E-state index is 0.381. The van der Waals surface area contributed by atoms with Gasteiger partial charge in [0, 0.05) is 10.6 Å². The fourth-order valence-electron chi connectivity index (χ4n) is 1.26. The van der Waals surface area contributed by atoms with E-state index in [4.69, 9.17) is 16.7 Å². The number of hydrogen-bond acceptors (Lipinski definition) is 2. The maximum absolute atomic E-state index is 11.9. The summed E-state index contributed by atoms with van der Waals surface area (Å²) in [7, 11) is 0. The highest BCUT2D eigenvalue weighted by atomic mass is 35.5. The summed E-state index contributed by atoms with van der Waals surface area (Å²) in [6.45, 7) is 4.56. The van der Waals surface area contributed by atoms with Gasteiger partial charge in [-0.15, -0.1) is 0 Å². The predicted molar refractivity (Wildman–Crippen MR) is 65.4 cm³/mol. The van der Waals surface area contributed by atoms with Crippen LogP contribution in [0, 0.1) is 6.92 Å². The lowest BCUT2D eigenvalue weighted by Crippen LogP contribution is -2.49. The number of nitrogens with one attached hydrogen (secondary N) is 1. The van der Waals surface area contributed by atoms with Crippen molar-refractivity contribution in [2.75, 3.05) is 0 Å². The van der Waals surface area contributed by atoms with Crippen molar-refractivity contribution in [2.24, 2.45) is 0 Å². The summed E-state index contributed by atoms with van der Waals surface area (Å²) >= 11 is 5.90. The van der Waals surface area contributed by atoms with Crippen LogP contribution in [-0.4, -0.2) is 22.5 Å². The Kier molecular flexibility index (Phi) is 3.78. The van der Waals surface area contributed by atoms with Crippen molar-refractivity contribution in [3.63, 3.8) is 0 Å². The van der Waals surface area contributed by atoms with Crippen molar-refractivity contribution in [1.82, 2.24) is 5.32 Å². The van der Waals surface area contributed by atoms with Gasteiger partial charge in [0.25, 0.3) is 5.91 Å². The summed E-state index contributed by atoms with van der Waals surface area (Å²) in [6, 6.07) is 4.93. The maximum atomic E-state index is 11.9. The minimum atomic E-state index is -1.31. The van der Waals surface area contributed by atoms with Crippen molar-refractivity contribution in [1.29, 1.82) is 0 Å². The molecule has 17 heavy (non-hydrogen) atoms. The van der Waals surface area contributed by atoms with Crippen molar-refractivity contribution in [3.05, 3.63) is 34.3 Å². The second kappa shape index (κ2) is 4.75. The van der Waals surface area contributed by atoms with E-state index in [1.807, 2.05) is 0 Å². The first-order valence-corrected chi connectivity index (χ1v) is 5.44. The Morgan fingerprint density at radius 3 is 2.47 bits per heavy atom. The largest absolute Gasteiger partial charge is 0.480 e. The number of halogens is 1. The molecule has 0 radical (unpaired) electrons. The summed E-state index contributed by atoms with van der Waals surface area (Å²) in [5, 5.41) is 11.8. The summed E-state index contributed by atoms with van der Waals surface area (Å²) in [6.07, 6.45) is 0. The molecule has 0 bridgehead atoms. The highest BCUT2D eigenvalue weighted by molar-refractivity contribution is 6.31. The van der Waals surface area contributed by atoms with Crippen LogP contribution in [0.1, 0.15) is 29.8 Å². The van der Waals surface area contributed by atoms with Gasteiger partial charge in [-0.05, 0) is 38.5 Å². The Morgan fingerprint density at radius 1 is 1.35 bits per heavy atom. The Labute approximate surface area is 105 Å². The molecule has 0 atom stereocenters. The highest BCUT2D eigenvalue weighted by Gasteiger charge is 2.29. The van der Waals surface area contributed by atoms with E-state index in [9.17, 15) is 9.59 Å². The number of rotatable bonds is 3. The summed E-state index contributed by atoms with van der Waals surface area (Å²) in [5.41, 5.74) is -0.300. The summed E-state index contributed by atoms with van der Waals surface area (Å²) in [4.78, 5) is 22.8. The number of carboxylic acids is 1. The fraction of sp³-hybridized carbons (Fsp3) is 0.333. The van der Waals surface area contributed by atoms with E-state index < -0.39 is 17.4 Å². The van der Waals surface area contributed by atoms with Crippen LogP contribution in [0.5, 0.6) is 0 Å². The first-order valence-electron chi connectivity index (χ1n) is 5.06. The number of carbonyl (C=O) groups excluding carboxylic acids is 1. The predicted octanol–water partition coefficient (Wildman–Crippen LogP) is 2.24. The summed E-state index contributed by atoms with van der Waals surface area (Å²) < 4.78 is 0. The normalized spacial score (nSPS) is 11.1. The molecule has 0 fully saturated rings. The maximum Gasteiger partial charge on any atom is 0.328 e. The third kappa shape index (κ3) is 2.97. The van der Waals surface area contributed by atoms with Crippen LogP contribution < -0.4 is 5.32 Å². The smallest absolute Gasteiger partial charge is 0.328 e. The van der Waals surface area contributed by atoms with Crippen LogP contribution in [0.2, 0.25) is 5.02 Å². The van der Waals surface area contributed by atoms with Crippen LogP contribution in [0.3, 0.4) is 0 Å². The Hall–Kier alpha value is -1.55. The van der Waals surface area contributed by atoms with Gasteiger partial charge in [-0.3, -0.25) is 4.79 Å². The molecule has 1 amide bonds. The van der Waals surface area contributed by atoms with Crippen molar-refractivity contribution in [3.8, 4) is 0 Å². The van der Waals surface area contributed by atoms with Gasteiger partial charge >= 0.3 is 5.97 Å². The topological polar surface area (TPSA) is 66.4 Å². The second-order valence-corrected chi connectivity index (χ2v) is 4.70. The average molecular weight is 256 g/mol. The van der Waals surface area contributed by atoms with Gasteiger partial charge in [0.05, 0.1) is 0 Å². The van der Waals surface area contributed by atoms with E-state index in [0.29, 0.717) is 16.1 Å². The molecule has 0 unspecified atom stereocenters. The number of carbonyl (C=O) groups is 2. The monoisotopic (exact) mass is 255 g/mol. The molecule has 0 saturated carbocycles. The molecular weight excluding hydrogens is 242 g/mol. The highest BCUT2D eigenvalue weighted by Crippen LogP contribution is 2.19. The van der Waals surface area contributed by atoms with Gasteiger partial charge in [-0.2, -0.15) is 0 Å². The van der Waals surface area contributed by atoms with Crippen LogP contribution in [0.25, 0.3) is 0 Å². The molecule has 2 N–H and O–H groups in total. The van der Waals surface area contributed by atoms with E-state index in [0.717, 1.165) is 0 Å². The third-order valence-corrected chi connectivity index (χ3v) is 2.88. The van der Waals surface area contributed by atoms with Crippen LogP contribution >= 0.6 is 11.6 Å². The van der Waals surface area contributed by atoms with Crippen molar-refractivity contribution in [2.45, 2.75) is 26.3 Å². The van der Waals surface area contributed by atoms with E-state index in [-0.39, 0.29) is 0 Å². The van der Waals surface area contributed by atoms with Crippen LogP contribution in [-0.2, 0) is 4.79 Å². The van der Waals surface area contributed by atoms with E-state index in [2.05, 4.69) is 5.32 Å². The molecule has 0 aliphatic carbocycles. The zero-order valence-corrected chi connectivity index (χ0v) is 10.6. The molecule has 4 nitrogen and oxygen atoms in total. The van der Waals surface area contributed by atoms with Crippen molar-refractivity contribution >= 4 is 23.5 Å². The number of aliphatic carboxylic acids is 1. The van der Waals surface area contributed by atoms with Crippen molar-refractivity contribution < 1.29 is 14.7 Å². The number of benzene rings is 1. The molecule has 1 aromatic carbocycles. The van der Waals surface area contributed by atoms with Gasteiger partial charge in [0.15, 0.2) is 0 Å². The van der Waals surface area contributed by atoms with Gasteiger partial charge in [0.1, 0.15) is 5.54 Å². The number of hydrogen-bond donors (Lipinski definition) is 2. The zero-order valence-electron chi connectivity index (χ0n) is 9.87. The first kappa shape index (κ1) is 13.5. The Bertz CT molecular complexity index is 469. The number of carboxylic acid groups (broad SMARTS) is 1. The van der Waals surface area contributed by atoms with Crippen LogP contribution in [0.4, 0.5) is 0 Å². The lowest BCUT2D eigenvalue weighted by Gasteiger charge is -2.21. The Balaban J connectivity index is 2.99. The average Bonchev–Trinajstić information content (AvgIpc) is 2.21. The third-order valence-electron chi connectivity index (χ3n) is 2.47. The molecule has 0 spiro atoms. The second-order valence-electron chi connectivity index (χ2n) is 4.30. The molecule has 1 aromatic rings. The molecular formula is C12H14ClNO3. The standard InChI is InChI=1S/C12H14ClNO3/c1-7-8(5-4-6-9(7)13)10(15)14-12(2,3)11(16)17/h4-6H,1-3H3,(H,14,15)(H,16,17). The van der Waals surface area contributed by atoms with E-state index >= 15 is 0 Å². The zero-order chi connectivity index (χ0) is 13.2. The van der Waals surface area contributed by atoms with E-state index in [1.165, 1.54) is 13.8 Å². The lowest BCUT2D eigenvalue weighted by atomic mass is 10.0. The molecule has 1 rings (SSSR count). The lowest BCUT2D eigenvalue weighted by molar-refractivity contribution is -0.143. The van der Waals surface area contributed by atoms with Gasteiger partial charge in [-0.25, -0.2) is 4.79 Å². The first-order chi connectivity index (χ1) is 7.75. The molecule has 0 heterocycles. The molecule has 0 saturated heterocycles. The van der Waals surface area contributed by atoms with E-state index in [1.54, 1.807) is 25.1 Å². The Morgan fingerprint density at radius 2 is 1.94 bits per heavy atom. The quantitative estimate of drug-likeness (QED) is 0.871. The molecule has 0 aromatic heterocycles. The van der Waals surface area contributed by atoms with Crippen LogP contribution in [0.15, 0.2) is 18.2 Å². The summed E-state index contributed by atoms with van der Waals surface area (Å²) in [5.74, 6) is -1.54. The number of amides is 1. The SMILES string of the molecule is Cc1c(Cl)cccc1C(=O)NC(C)(C)C(=O)O. The van der Waals surface area contributed by atoms with Gasteiger partial charge < -0.3 is 10.4 Å².